The van der Waals surface area contributed by atoms with Crippen LogP contribution in [0.25, 0.3) is 0 Å². The molecule has 3 amide bonds. The zero-order valence-electron chi connectivity index (χ0n) is 29.2. The van der Waals surface area contributed by atoms with Crippen LogP contribution >= 0.6 is 0 Å². The van der Waals surface area contributed by atoms with Gasteiger partial charge in [-0.2, -0.15) is 0 Å². The molecule has 0 radical (unpaired) electrons. The zero-order chi connectivity index (χ0) is 34.4. The number of nitrogens with one attached hydrogen (secondary N) is 2. The summed E-state index contributed by atoms with van der Waals surface area (Å²) in [6.07, 6.45) is 1.58. The van der Waals surface area contributed by atoms with Crippen LogP contribution in [0.1, 0.15) is 103 Å². The van der Waals surface area contributed by atoms with E-state index in [0.717, 1.165) is 29.5 Å². The van der Waals surface area contributed by atoms with E-state index in [-0.39, 0.29) is 24.3 Å². The standard InChI is InChI=1S/C37H53N3O6/c1-11-24(3)30(39-35(44)46-37(8,9)10)33(42)40(27-18-19-27)31(28-20-17-23(2)21-25(28)4)32(41)38-29(34(43)45-36(5,6)7)22-26-15-13-12-14-16-26/h12-17,20-21,24,27,29-31H,11,18-19,22H2,1-10H3,(H,38,41)(H,39,44). The lowest BCUT2D eigenvalue weighted by Gasteiger charge is -2.37. The van der Waals surface area contributed by atoms with Crippen molar-refractivity contribution in [2.75, 3.05) is 0 Å². The van der Waals surface area contributed by atoms with Gasteiger partial charge in [-0.3, -0.25) is 9.59 Å². The van der Waals surface area contributed by atoms with E-state index < -0.39 is 47.3 Å². The van der Waals surface area contributed by atoms with Gasteiger partial charge < -0.3 is 25.0 Å². The average Bonchev–Trinajstić information content (AvgIpc) is 3.78. The van der Waals surface area contributed by atoms with Crippen LogP contribution in [0, 0.1) is 19.8 Å². The summed E-state index contributed by atoms with van der Waals surface area (Å²) in [5, 5.41) is 5.80. The maximum Gasteiger partial charge on any atom is 0.408 e. The monoisotopic (exact) mass is 635 g/mol. The molecular weight excluding hydrogens is 582 g/mol. The molecular formula is C37H53N3O6. The Morgan fingerprint density at radius 2 is 1.50 bits per heavy atom. The normalized spacial score (nSPS) is 16.0. The topological polar surface area (TPSA) is 114 Å². The van der Waals surface area contributed by atoms with Crippen molar-refractivity contribution >= 4 is 23.9 Å². The molecule has 0 saturated heterocycles. The lowest BCUT2D eigenvalue weighted by molar-refractivity contribution is -0.159. The highest BCUT2D eigenvalue weighted by Gasteiger charge is 2.46. The van der Waals surface area contributed by atoms with Crippen LogP contribution in [0.5, 0.6) is 0 Å². The van der Waals surface area contributed by atoms with E-state index in [0.29, 0.717) is 12.0 Å². The number of rotatable bonds is 12. The summed E-state index contributed by atoms with van der Waals surface area (Å²) in [5.74, 6) is -1.65. The van der Waals surface area contributed by atoms with E-state index in [1.807, 2.05) is 76.2 Å². The van der Waals surface area contributed by atoms with Gasteiger partial charge in [-0.05, 0) is 90.8 Å². The summed E-state index contributed by atoms with van der Waals surface area (Å²) < 4.78 is 11.3. The molecule has 9 nitrogen and oxygen atoms in total. The predicted octanol–water partition coefficient (Wildman–Crippen LogP) is 6.34. The number of ether oxygens (including phenoxy) is 2. The highest BCUT2D eigenvalue weighted by molar-refractivity contribution is 5.94. The van der Waals surface area contributed by atoms with Crippen LogP contribution in [0.3, 0.4) is 0 Å². The van der Waals surface area contributed by atoms with Crippen molar-refractivity contribution in [1.29, 1.82) is 0 Å². The maximum atomic E-state index is 14.6. The minimum Gasteiger partial charge on any atom is -0.458 e. The summed E-state index contributed by atoms with van der Waals surface area (Å²) in [6.45, 7) is 18.4. The zero-order valence-corrected chi connectivity index (χ0v) is 29.2. The quantitative estimate of drug-likeness (QED) is 0.263. The molecule has 1 fully saturated rings. The number of alkyl carbamates (subject to hydrolysis) is 1. The van der Waals surface area contributed by atoms with Crippen LogP contribution in [0.15, 0.2) is 48.5 Å². The summed E-state index contributed by atoms with van der Waals surface area (Å²) in [4.78, 5) is 57.3. The van der Waals surface area contributed by atoms with Crippen LogP contribution in [0.2, 0.25) is 0 Å². The molecule has 3 rings (SSSR count). The lowest BCUT2D eigenvalue weighted by Crippen LogP contribution is -2.57. The van der Waals surface area contributed by atoms with Crippen molar-refractivity contribution in [2.45, 2.75) is 130 Å². The van der Waals surface area contributed by atoms with Gasteiger partial charge in [0.1, 0.15) is 29.3 Å². The Labute approximate surface area is 274 Å². The van der Waals surface area contributed by atoms with Gasteiger partial charge in [0.2, 0.25) is 11.8 Å². The van der Waals surface area contributed by atoms with Crippen LogP contribution in [-0.4, -0.2) is 58.1 Å². The highest BCUT2D eigenvalue weighted by Crippen LogP contribution is 2.37. The number of benzene rings is 2. The Hall–Kier alpha value is -3.88. The van der Waals surface area contributed by atoms with Crippen LogP contribution in [0.4, 0.5) is 4.79 Å². The molecule has 2 aromatic carbocycles. The maximum absolute atomic E-state index is 14.6. The van der Waals surface area contributed by atoms with Gasteiger partial charge in [0.15, 0.2) is 0 Å². The number of carbonyl (C=O) groups excluding carboxylic acids is 4. The first kappa shape index (κ1) is 36.6. The summed E-state index contributed by atoms with van der Waals surface area (Å²) in [7, 11) is 0. The molecule has 0 spiro atoms. The Balaban J connectivity index is 2.08. The SMILES string of the molecule is CCC(C)C(NC(=O)OC(C)(C)C)C(=O)N(C1CC1)C(C(=O)NC(Cc1ccccc1)C(=O)OC(C)(C)C)c1ccc(C)cc1C. The molecule has 9 heteroatoms. The van der Waals surface area contributed by atoms with Gasteiger partial charge in [0.05, 0.1) is 0 Å². The fourth-order valence-electron chi connectivity index (χ4n) is 5.37. The van der Waals surface area contributed by atoms with E-state index in [2.05, 4.69) is 10.6 Å². The van der Waals surface area contributed by atoms with Crippen molar-refractivity contribution in [3.8, 4) is 0 Å². The van der Waals surface area contributed by atoms with Crippen molar-refractivity contribution in [3.05, 3.63) is 70.8 Å². The van der Waals surface area contributed by atoms with Crippen molar-refractivity contribution < 1.29 is 28.7 Å². The van der Waals surface area contributed by atoms with E-state index >= 15 is 0 Å². The largest absolute Gasteiger partial charge is 0.458 e. The third kappa shape index (κ3) is 10.6. The Morgan fingerprint density at radius 1 is 0.891 bits per heavy atom. The Bertz CT molecular complexity index is 1370. The number of hydrogen-bond acceptors (Lipinski definition) is 6. The van der Waals surface area contributed by atoms with E-state index in [9.17, 15) is 19.2 Å². The molecule has 0 bridgehead atoms. The van der Waals surface area contributed by atoms with Gasteiger partial charge in [-0.25, -0.2) is 9.59 Å². The van der Waals surface area contributed by atoms with Crippen molar-refractivity contribution in [1.82, 2.24) is 15.5 Å². The second-order valence-electron chi connectivity index (χ2n) is 14.5. The molecule has 252 valence electrons. The Morgan fingerprint density at radius 3 is 2.02 bits per heavy atom. The molecule has 46 heavy (non-hydrogen) atoms. The van der Waals surface area contributed by atoms with Gasteiger partial charge >= 0.3 is 12.1 Å². The second kappa shape index (κ2) is 15.1. The smallest absolute Gasteiger partial charge is 0.408 e. The Kier molecular flexibility index (Phi) is 12.0. The average molecular weight is 636 g/mol. The molecule has 1 aliphatic carbocycles. The number of esters is 1. The summed E-state index contributed by atoms with van der Waals surface area (Å²) in [6, 6.07) is 12.0. The fraction of sp³-hybridized carbons (Fsp3) is 0.568. The molecule has 2 N–H and O–H groups in total. The molecule has 0 heterocycles. The molecule has 0 aliphatic heterocycles. The molecule has 1 saturated carbocycles. The van der Waals surface area contributed by atoms with Crippen LogP contribution in [-0.2, 0) is 30.3 Å². The molecule has 4 unspecified atom stereocenters. The van der Waals surface area contributed by atoms with Crippen LogP contribution < -0.4 is 10.6 Å². The molecule has 4 atom stereocenters. The third-order valence-electron chi connectivity index (χ3n) is 7.88. The van der Waals surface area contributed by atoms with Crippen molar-refractivity contribution in [2.24, 2.45) is 5.92 Å². The van der Waals surface area contributed by atoms with E-state index in [1.54, 1.807) is 46.4 Å². The molecule has 1 aliphatic rings. The number of hydrogen-bond donors (Lipinski definition) is 2. The summed E-state index contributed by atoms with van der Waals surface area (Å²) in [5.41, 5.74) is 1.86. The predicted molar refractivity (Wildman–Crippen MR) is 179 cm³/mol. The van der Waals surface area contributed by atoms with E-state index in [1.165, 1.54) is 0 Å². The third-order valence-corrected chi connectivity index (χ3v) is 7.88. The molecule has 2 aromatic rings. The van der Waals surface area contributed by atoms with E-state index in [4.69, 9.17) is 9.47 Å². The minimum atomic E-state index is -1.05. The summed E-state index contributed by atoms with van der Waals surface area (Å²) >= 11 is 0. The first-order chi connectivity index (χ1) is 21.4. The highest BCUT2D eigenvalue weighted by atomic mass is 16.6. The minimum absolute atomic E-state index is 0.204. The first-order valence-corrected chi connectivity index (χ1v) is 16.4. The number of amides is 3. The van der Waals surface area contributed by atoms with Gasteiger partial charge in [-0.1, -0.05) is 74.4 Å². The van der Waals surface area contributed by atoms with Gasteiger partial charge in [0, 0.05) is 12.5 Å². The number of carbonyl (C=O) groups is 4. The second-order valence-corrected chi connectivity index (χ2v) is 14.5. The van der Waals surface area contributed by atoms with Gasteiger partial charge in [-0.15, -0.1) is 0 Å². The lowest BCUT2D eigenvalue weighted by atomic mass is 9.93. The van der Waals surface area contributed by atoms with Gasteiger partial charge in [0.25, 0.3) is 0 Å². The van der Waals surface area contributed by atoms with Crippen molar-refractivity contribution in [3.63, 3.8) is 0 Å². The fourth-order valence-corrected chi connectivity index (χ4v) is 5.37. The number of aryl methyl sites for hydroxylation is 2. The first-order valence-electron chi connectivity index (χ1n) is 16.4. The molecule has 0 aromatic heterocycles. The number of nitrogens with zero attached hydrogens (tertiary/aromatic N) is 1.